The lowest BCUT2D eigenvalue weighted by Gasteiger charge is -2.01. The molecule has 0 fully saturated rings. The number of nitrogen functional groups attached to an aromatic ring is 1. The lowest BCUT2D eigenvalue weighted by molar-refractivity contribution is 0.378. The molecule has 2 N–H and O–H groups in total. The van der Waals surface area contributed by atoms with E-state index in [-0.39, 0.29) is 0 Å². The van der Waals surface area contributed by atoms with E-state index in [2.05, 4.69) is 20.1 Å². The summed E-state index contributed by atoms with van der Waals surface area (Å²) in [6, 6.07) is 3.95. The van der Waals surface area contributed by atoms with Gasteiger partial charge in [-0.25, -0.2) is 9.97 Å². The highest BCUT2D eigenvalue weighted by atomic mass is 32.2. The number of hydrogen-bond acceptors (Lipinski definition) is 8. The first-order chi connectivity index (χ1) is 10.3. The van der Waals surface area contributed by atoms with Crippen molar-refractivity contribution < 1.29 is 4.52 Å². The SMILES string of the molecule is Nc1nccnc1SCCCc1nc(-c2cccs2)no1. The first-order valence-corrected chi connectivity index (χ1v) is 8.25. The van der Waals surface area contributed by atoms with Gasteiger partial charge in [0.1, 0.15) is 5.03 Å². The fourth-order valence-electron chi connectivity index (χ4n) is 1.70. The summed E-state index contributed by atoms with van der Waals surface area (Å²) in [5.41, 5.74) is 5.74. The van der Waals surface area contributed by atoms with Crippen LogP contribution in [0.25, 0.3) is 10.7 Å². The minimum Gasteiger partial charge on any atom is -0.381 e. The Morgan fingerprint density at radius 1 is 1.29 bits per heavy atom. The molecule has 0 aliphatic carbocycles. The normalized spacial score (nSPS) is 10.9. The van der Waals surface area contributed by atoms with Gasteiger partial charge in [-0.3, -0.25) is 0 Å². The van der Waals surface area contributed by atoms with Crippen molar-refractivity contribution in [2.24, 2.45) is 0 Å². The van der Waals surface area contributed by atoms with E-state index in [1.807, 2.05) is 17.5 Å². The van der Waals surface area contributed by atoms with Crippen LogP contribution in [0.2, 0.25) is 0 Å². The maximum Gasteiger partial charge on any atom is 0.227 e. The largest absolute Gasteiger partial charge is 0.381 e. The summed E-state index contributed by atoms with van der Waals surface area (Å²) >= 11 is 3.18. The van der Waals surface area contributed by atoms with E-state index in [4.69, 9.17) is 10.3 Å². The zero-order valence-electron chi connectivity index (χ0n) is 11.1. The van der Waals surface area contributed by atoms with Crippen molar-refractivity contribution in [2.75, 3.05) is 11.5 Å². The standard InChI is InChI=1S/C13H13N5OS2/c14-11-13(16-6-5-15-11)21-8-2-4-10-17-12(18-19-10)9-3-1-7-20-9/h1,3,5-7H,2,4,8H2,(H2,14,15). The summed E-state index contributed by atoms with van der Waals surface area (Å²) in [5, 5.41) is 6.74. The van der Waals surface area contributed by atoms with Crippen molar-refractivity contribution in [3.05, 3.63) is 35.8 Å². The van der Waals surface area contributed by atoms with E-state index in [1.165, 1.54) is 0 Å². The molecule has 0 bridgehead atoms. The summed E-state index contributed by atoms with van der Waals surface area (Å²) in [6.07, 6.45) is 4.88. The molecule has 6 nitrogen and oxygen atoms in total. The van der Waals surface area contributed by atoms with Gasteiger partial charge in [0.25, 0.3) is 0 Å². The number of thioether (sulfide) groups is 1. The molecule has 108 valence electrons. The topological polar surface area (TPSA) is 90.7 Å². The smallest absolute Gasteiger partial charge is 0.227 e. The average molecular weight is 319 g/mol. The molecule has 0 atom stereocenters. The van der Waals surface area contributed by atoms with E-state index >= 15 is 0 Å². The predicted octanol–water partition coefficient (Wildman–Crippen LogP) is 2.90. The molecule has 0 unspecified atom stereocenters. The number of rotatable bonds is 6. The van der Waals surface area contributed by atoms with Gasteiger partial charge in [-0.2, -0.15) is 4.98 Å². The maximum absolute atomic E-state index is 5.74. The van der Waals surface area contributed by atoms with Gasteiger partial charge < -0.3 is 10.3 Å². The molecule has 0 spiro atoms. The summed E-state index contributed by atoms with van der Waals surface area (Å²) in [4.78, 5) is 13.6. The number of anilines is 1. The molecular formula is C13H13N5OS2. The summed E-state index contributed by atoms with van der Waals surface area (Å²) in [7, 11) is 0. The molecule has 0 saturated carbocycles. The van der Waals surface area contributed by atoms with Crippen molar-refractivity contribution in [1.29, 1.82) is 0 Å². The molecule has 0 aliphatic rings. The molecular weight excluding hydrogens is 306 g/mol. The number of nitrogens with zero attached hydrogens (tertiary/aromatic N) is 4. The van der Waals surface area contributed by atoms with Crippen molar-refractivity contribution in [2.45, 2.75) is 17.9 Å². The van der Waals surface area contributed by atoms with Crippen LogP contribution < -0.4 is 5.73 Å². The first-order valence-electron chi connectivity index (χ1n) is 6.38. The number of aromatic nitrogens is 4. The molecule has 0 amide bonds. The number of aryl methyl sites for hydroxylation is 1. The van der Waals surface area contributed by atoms with Crippen LogP contribution in [0.5, 0.6) is 0 Å². The molecule has 0 saturated heterocycles. The molecule has 3 heterocycles. The highest BCUT2D eigenvalue weighted by Crippen LogP contribution is 2.23. The van der Waals surface area contributed by atoms with Crippen LogP contribution in [0.1, 0.15) is 12.3 Å². The van der Waals surface area contributed by atoms with Crippen LogP contribution in [0.4, 0.5) is 5.82 Å². The second-order valence-corrected chi connectivity index (χ2v) is 6.22. The van der Waals surface area contributed by atoms with Crippen LogP contribution in [0.3, 0.4) is 0 Å². The second kappa shape index (κ2) is 6.68. The van der Waals surface area contributed by atoms with Gasteiger partial charge in [-0.1, -0.05) is 11.2 Å². The Bertz CT molecular complexity index is 698. The van der Waals surface area contributed by atoms with E-state index in [9.17, 15) is 0 Å². The van der Waals surface area contributed by atoms with Crippen LogP contribution in [-0.4, -0.2) is 25.9 Å². The Morgan fingerprint density at radius 3 is 3.00 bits per heavy atom. The highest BCUT2D eigenvalue weighted by molar-refractivity contribution is 7.99. The lowest BCUT2D eigenvalue weighted by atomic mass is 10.3. The molecule has 0 aliphatic heterocycles. The molecule has 3 aromatic rings. The van der Waals surface area contributed by atoms with E-state index in [1.54, 1.807) is 35.5 Å². The van der Waals surface area contributed by atoms with Gasteiger partial charge in [0.15, 0.2) is 5.82 Å². The maximum atomic E-state index is 5.74. The summed E-state index contributed by atoms with van der Waals surface area (Å²) in [6.45, 7) is 0. The third kappa shape index (κ3) is 3.59. The van der Waals surface area contributed by atoms with Gasteiger partial charge in [0.05, 0.1) is 4.88 Å². The van der Waals surface area contributed by atoms with Crippen LogP contribution in [0, 0.1) is 0 Å². The Hall–Kier alpha value is -1.93. The molecule has 3 rings (SSSR count). The van der Waals surface area contributed by atoms with Gasteiger partial charge in [-0.05, 0) is 17.9 Å². The predicted molar refractivity (Wildman–Crippen MR) is 83.1 cm³/mol. The first kappa shape index (κ1) is 14.0. The Labute approximate surface area is 129 Å². The molecule has 0 radical (unpaired) electrons. The Balaban J connectivity index is 1.49. The fraction of sp³-hybridized carbons (Fsp3) is 0.231. The van der Waals surface area contributed by atoms with Gasteiger partial charge in [0, 0.05) is 24.6 Å². The number of hydrogen-bond donors (Lipinski definition) is 1. The van der Waals surface area contributed by atoms with Crippen molar-refractivity contribution in [1.82, 2.24) is 20.1 Å². The lowest BCUT2D eigenvalue weighted by Crippen LogP contribution is -1.96. The van der Waals surface area contributed by atoms with Gasteiger partial charge in [0.2, 0.25) is 11.7 Å². The molecule has 8 heteroatoms. The van der Waals surface area contributed by atoms with Crippen molar-refractivity contribution >= 4 is 28.9 Å². The molecule has 3 aromatic heterocycles. The van der Waals surface area contributed by atoms with Crippen molar-refractivity contribution in [3.63, 3.8) is 0 Å². The van der Waals surface area contributed by atoms with Crippen LogP contribution >= 0.6 is 23.1 Å². The number of nitrogens with two attached hydrogens (primary N) is 1. The van der Waals surface area contributed by atoms with Gasteiger partial charge in [-0.15, -0.1) is 23.1 Å². The summed E-state index contributed by atoms with van der Waals surface area (Å²) in [5.74, 6) is 2.66. The van der Waals surface area contributed by atoms with Crippen LogP contribution in [0.15, 0.2) is 39.5 Å². The van der Waals surface area contributed by atoms with E-state index < -0.39 is 0 Å². The zero-order valence-corrected chi connectivity index (χ0v) is 12.7. The average Bonchev–Trinajstić information content (AvgIpc) is 3.16. The van der Waals surface area contributed by atoms with Gasteiger partial charge >= 0.3 is 0 Å². The molecule has 21 heavy (non-hydrogen) atoms. The second-order valence-electron chi connectivity index (χ2n) is 4.19. The Kier molecular flexibility index (Phi) is 4.46. The van der Waals surface area contributed by atoms with E-state index in [0.29, 0.717) is 17.5 Å². The monoisotopic (exact) mass is 319 g/mol. The zero-order chi connectivity index (χ0) is 14.5. The Morgan fingerprint density at radius 2 is 2.19 bits per heavy atom. The van der Waals surface area contributed by atoms with E-state index in [0.717, 1.165) is 28.5 Å². The van der Waals surface area contributed by atoms with Crippen LogP contribution in [-0.2, 0) is 6.42 Å². The third-order valence-corrected chi connectivity index (χ3v) is 4.62. The number of thiophene rings is 1. The summed E-state index contributed by atoms with van der Waals surface area (Å²) < 4.78 is 5.25. The fourth-order valence-corrected chi connectivity index (χ4v) is 3.17. The highest BCUT2D eigenvalue weighted by Gasteiger charge is 2.09. The quantitative estimate of drug-likeness (QED) is 0.551. The minimum absolute atomic E-state index is 0.472. The minimum atomic E-state index is 0.472. The molecule has 0 aromatic carbocycles. The van der Waals surface area contributed by atoms with Crippen molar-refractivity contribution in [3.8, 4) is 10.7 Å². The third-order valence-electron chi connectivity index (χ3n) is 2.67.